The molecule has 0 amide bonds. The number of hydrogen-bond acceptors (Lipinski definition) is 4. The molecule has 112 valence electrons. The van der Waals surface area contributed by atoms with Crippen LogP contribution in [0.15, 0.2) is 42.5 Å². The van der Waals surface area contributed by atoms with E-state index in [0.29, 0.717) is 24.3 Å². The molecule has 2 aromatic carbocycles. The molecule has 0 N–H and O–H groups in total. The lowest BCUT2D eigenvalue weighted by Gasteiger charge is -2.12. The van der Waals surface area contributed by atoms with Crippen LogP contribution in [0.25, 0.3) is 22.0 Å². The van der Waals surface area contributed by atoms with Gasteiger partial charge in [0.15, 0.2) is 17.3 Å². The molecule has 0 spiro atoms. The van der Waals surface area contributed by atoms with Crippen LogP contribution < -0.4 is 9.47 Å². The largest absolute Gasteiger partial charge is 0.454 e. The first-order chi connectivity index (χ1) is 11.3. The Morgan fingerprint density at radius 1 is 0.913 bits per heavy atom. The smallest absolute Gasteiger partial charge is 0.231 e. The van der Waals surface area contributed by atoms with Gasteiger partial charge in [-0.1, -0.05) is 30.3 Å². The standard InChI is InChI=1S/C19H13NO3/c21-15-7-6-13-19(15)18(11-4-2-1-3-5-11)12-8-16-17(23-10-22-16)9-14(12)20-13/h1-5,8-9H,6-7,10H2. The molecule has 4 heteroatoms. The van der Waals surface area contributed by atoms with Gasteiger partial charge in [-0.2, -0.15) is 0 Å². The monoisotopic (exact) mass is 303 g/mol. The van der Waals surface area contributed by atoms with Gasteiger partial charge in [0.25, 0.3) is 0 Å². The molecule has 3 aromatic rings. The van der Waals surface area contributed by atoms with Crippen molar-refractivity contribution >= 4 is 16.7 Å². The van der Waals surface area contributed by atoms with E-state index < -0.39 is 0 Å². The van der Waals surface area contributed by atoms with Crippen molar-refractivity contribution in [1.82, 2.24) is 4.98 Å². The number of fused-ring (bicyclic) bond motifs is 3. The Bertz CT molecular complexity index is 964. The number of hydrogen-bond donors (Lipinski definition) is 0. The Kier molecular flexibility index (Phi) is 2.50. The highest BCUT2D eigenvalue weighted by Crippen LogP contribution is 2.42. The van der Waals surface area contributed by atoms with Crippen molar-refractivity contribution in [3.8, 4) is 22.6 Å². The van der Waals surface area contributed by atoms with Crippen LogP contribution in [0, 0.1) is 0 Å². The first kappa shape index (κ1) is 12.6. The topological polar surface area (TPSA) is 48.4 Å². The summed E-state index contributed by atoms with van der Waals surface area (Å²) in [6.07, 6.45) is 1.24. The van der Waals surface area contributed by atoms with Gasteiger partial charge in [-0.25, -0.2) is 0 Å². The van der Waals surface area contributed by atoms with Gasteiger partial charge in [-0.15, -0.1) is 0 Å². The number of ether oxygens (including phenoxy) is 2. The Hall–Kier alpha value is -2.88. The van der Waals surface area contributed by atoms with Crippen molar-refractivity contribution in [3.63, 3.8) is 0 Å². The van der Waals surface area contributed by atoms with Crippen molar-refractivity contribution in [3.05, 3.63) is 53.7 Å². The maximum Gasteiger partial charge on any atom is 0.231 e. The molecule has 0 unspecified atom stereocenters. The van der Waals surface area contributed by atoms with E-state index in [1.807, 2.05) is 42.5 Å². The molecule has 2 aliphatic rings. The fourth-order valence-corrected chi connectivity index (χ4v) is 3.45. The highest BCUT2D eigenvalue weighted by molar-refractivity contribution is 6.12. The number of Topliss-reactive ketones (excluding diaryl/α,β-unsaturated/α-hetero) is 1. The Morgan fingerprint density at radius 3 is 2.52 bits per heavy atom. The minimum Gasteiger partial charge on any atom is -0.454 e. The van der Waals surface area contributed by atoms with E-state index in [1.54, 1.807) is 0 Å². The highest BCUT2D eigenvalue weighted by atomic mass is 16.7. The van der Waals surface area contributed by atoms with Gasteiger partial charge in [-0.3, -0.25) is 9.78 Å². The highest BCUT2D eigenvalue weighted by Gasteiger charge is 2.28. The molecule has 2 heterocycles. The predicted octanol–water partition coefficient (Wildman–Crippen LogP) is 3.76. The fraction of sp³-hybridized carbons (Fsp3) is 0.158. The molecule has 0 saturated carbocycles. The van der Waals surface area contributed by atoms with Crippen molar-refractivity contribution in [1.29, 1.82) is 0 Å². The molecule has 0 saturated heterocycles. The second-order valence-electron chi connectivity index (χ2n) is 5.82. The second kappa shape index (κ2) is 4.56. The van der Waals surface area contributed by atoms with E-state index in [9.17, 15) is 4.79 Å². The normalized spacial score (nSPS) is 15.2. The van der Waals surface area contributed by atoms with Crippen LogP contribution >= 0.6 is 0 Å². The van der Waals surface area contributed by atoms with E-state index >= 15 is 0 Å². The quantitative estimate of drug-likeness (QED) is 0.687. The number of rotatable bonds is 1. The molecule has 1 aromatic heterocycles. The summed E-state index contributed by atoms with van der Waals surface area (Å²) in [6, 6.07) is 13.9. The number of aryl methyl sites for hydroxylation is 1. The fourth-order valence-electron chi connectivity index (χ4n) is 3.45. The lowest BCUT2D eigenvalue weighted by atomic mass is 9.94. The van der Waals surface area contributed by atoms with Gasteiger partial charge in [0.1, 0.15) is 0 Å². The summed E-state index contributed by atoms with van der Waals surface area (Å²) < 4.78 is 11.0. The van der Waals surface area contributed by atoms with Gasteiger partial charge in [0.2, 0.25) is 6.79 Å². The SMILES string of the molecule is O=C1CCc2nc3cc4c(cc3c(-c3ccccc3)c21)OCO4. The molecular weight excluding hydrogens is 290 g/mol. The van der Waals surface area contributed by atoms with E-state index in [1.165, 1.54) is 0 Å². The molecule has 5 rings (SSSR count). The van der Waals surface area contributed by atoms with Gasteiger partial charge >= 0.3 is 0 Å². The third-order valence-corrected chi connectivity index (χ3v) is 4.48. The average Bonchev–Trinajstić information content (AvgIpc) is 3.18. The lowest BCUT2D eigenvalue weighted by molar-refractivity contribution is 0.0995. The summed E-state index contributed by atoms with van der Waals surface area (Å²) in [5.74, 6) is 1.60. The molecular formula is C19H13NO3. The maximum absolute atomic E-state index is 12.4. The molecule has 1 aliphatic carbocycles. The van der Waals surface area contributed by atoms with Crippen molar-refractivity contribution in [2.24, 2.45) is 0 Å². The van der Waals surface area contributed by atoms with Crippen LogP contribution in [0.1, 0.15) is 22.5 Å². The van der Waals surface area contributed by atoms with Crippen LogP contribution in [-0.2, 0) is 6.42 Å². The number of nitrogens with zero attached hydrogens (tertiary/aromatic N) is 1. The first-order valence-corrected chi connectivity index (χ1v) is 7.66. The zero-order valence-corrected chi connectivity index (χ0v) is 12.3. The van der Waals surface area contributed by atoms with Crippen molar-refractivity contribution in [2.75, 3.05) is 6.79 Å². The maximum atomic E-state index is 12.4. The van der Waals surface area contributed by atoms with Crippen molar-refractivity contribution in [2.45, 2.75) is 12.8 Å². The van der Waals surface area contributed by atoms with Crippen LogP contribution in [0.2, 0.25) is 0 Å². The van der Waals surface area contributed by atoms with Crippen LogP contribution in [0.3, 0.4) is 0 Å². The Morgan fingerprint density at radius 2 is 1.70 bits per heavy atom. The summed E-state index contributed by atoms with van der Waals surface area (Å²) in [4.78, 5) is 17.2. The molecule has 1 aliphatic heterocycles. The van der Waals surface area contributed by atoms with Crippen LogP contribution in [-0.4, -0.2) is 17.6 Å². The molecule has 0 atom stereocenters. The van der Waals surface area contributed by atoms with Crippen LogP contribution in [0.4, 0.5) is 0 Å². The third-order valence-electron chi connectivity index (χ3n) is 4.48. The Balaban J connectivity index is 1.92. The van der Waals surface area contributed by atoms with E-state index in [4.69, 9.17) is 14.5 Å². The first-order valence-electron chi connectivity index (χ1n) is 7.66. The molecule has 0 radical (unpaired) electrons. The number of carbonyl (C=O) groups is 1. The summed E-state index contributed by atoms with van der Waals surface area (Å²) in [6.45, 7) is 0.227. The second-order valence-corrected chi connectivity index (χ2v) is 5.82. The zero-order chi connectivity index (χ0) is 15.4. The van der Waals surface area contributed by atoms with Gasteiger partial charge in [0.05, 0.1) is 11.2 Å². The van der Waals surface area contributed by atoms with E-state index in [2.05, 4.69) is 0 Å². The van der Waals surface area contributed by atoms with Gasteiger partial charge < -0.3 is 9.47 Å². The summed E-state index contributed by atoms with van der Waals surface area (Å²) in [5.41, 5.74) is 4.50. The molecule has 23 heavy (non-hydrogen) atoms. The summed E-state index contributed by atoms with van der Waals surface area (Å²) in [5, 5.41) is 0.939. The number of pyridine rings is 1. The Labute approximate surface area is 132 Å². The average molecular weight is 303 g/mol. The molecule has 4 nitrogen and oxygen atoms in total. The van der Waals surface area contributed by atoms with Crippen LogP contribution in [0.5, 0.6) is 11.5 Å². The van der Waals surface area contributed by atoms with Gasteiger partial charge in [-0.05, 0) is 18.1 Å². The van der Waals surface area contributed by atoms with Crippen molar-refractivity contribution < 1.29 is 14.3 Å². The van der Waals surface area contributed by atoms with Gasteiger partial charge in [0, 0.05) is 29.0 Å². The summed E-state index contributed by atoms with van der Waals surface area (Å²) >= 11 is 0. The third kappa shape index (κ3) is 1.78. The molecule has 0 bridgehead atoms. The number of carbonyl (C=O) groups excluding carboxylic acids is 1. The lowest BCUT2D eigenvalue weighted by Crippen LogP contribution is -1.99. The number of ketones is 1. The minimum absolute atomic E-state index is 0.172. The zero-order valence-electron chi connectivity index (χ0n) is 12.3. The number of benzene rings is 2. The number of aromatic nitrogens is 1. The molecule has 0 fully saturated rings. The summed E-state index contributed by atoms with van der Waals surface area (Å²) in [7, 11) is 0. The predicted molar refractivity (Wildman–Crippen MR) is 86.0 cm³/mol. The van der Waals surface area contributed by atoms with E-state index in [0.717, 1.165) is 33.3 Å². The van der Waals surface area contributed by atoms with E-state index in [-0.39, 0.29) is 12.6 Å². The minimum atomic E-state index is 0.172.